The number of aliphatic imine (C=N–C) groups is 1. The molecule has 1 aliphatic rings. The molecule has 0 spiro atoms. The summed E-state index contributed by atoms with van der Waals surface area (Å²) in [6.45, 7) is 7.48. The Morgan fingerprint density at radius 3 is 2.25 bits per heavy atom. The van der Waals surface area contributed by atoms with Crippen molar-refractivity contribution >= 4 is 12.2 Å². The number of nitrogens with one attached hydrogen (secondary N) is 1. The highest BCUT2D eigenvalue weighted by atomic mass is 16.1. The van der Waals surface area contributed by atoms with Gasteiger partial charge in [-0.3, -0.25) is 0 Å². The van der Waals surface area contributed by atoms with Gasteiger partial charge in [-0.1, -0.05) is 27.2 Å². The van der Waals surface area contributed by atoms with Crippen molar-refractivity contribution in [2.75, 3.05) is 6.54 Å². The highest BCUT2D eigenvalue weighted by Crippen LogP contribution is 2.45. The largest absolute Gasteiger partial charge is 0.234 e. The van der Waals surface area contributed by atoms with Crippen LogP contribution in [0.1, 0.15) is 46.5 Å². The normalized spacial score (nSPS) is 26.7. The van der Waals surface area contributed by atoms with E-state index in [-0.39, 0.29) is 5.41 Å². The predicted molar refractivity (Wildman–Crippen MR) is 61.8 cm³/mol. The molecule has 0 aliphatic heterocycles. The highest BCUT2D eigenvalue weighted by molar-refractivity contribution is 5.33. The first-order chi connectivity index (χ1) is 7.39. The van der Waals surface area contributed by atoms with Crippen LogP contribution in [0.2, 0.25) is 0 Å². The minimum absolute atomic E-state index is 0.235. The molecule has 0 heterocycles. The van der Waals surface area contributed by atoms with E-state index in [1.165, 1.54) is 25.7 Å². The molecule has 0 bridgehead atoms. The molecule has 0 aromatic heterocycles. The van der Waals surface area contributed by atoms with Crippen molar-refractivity contribution in [2.24, 2.45) is 15.8 Å². The lowest BCUT2D eigenvalue weighted by Crippen LogP contribution is -2.32. The van der Waals surface area contributed by atoms with Crippen molar-refractivity contribution < 1.29 is 9.59 Å². The molecule has 1 saturated carbocycles. The number of carbonyl (C=O) groups excluding carboxylic acids is 2. The Kier molecular flexibility index (Phi) is 5.87. The van der Waals surface area contributed by atoms with E-state index in [0.717, 1.165) is 6.08 Å². The van der Waals surface area contributed by atoms with Gasteiger partial charge in [0.1, 0.15) is 0 Å². The van der Waals surface area contributed by atoms with E-state index < -0.39 is 0 Å². The number of rotatable bonds is 2. The summed E-state index contributed by atoms with van der Waals surface area (Å²) >= 11 is 0. The molecular weight excluding hydrogens is 204 g/mol. The number of isocyanates is 2. The summed E-state index contributed by atoms with van der Waals surface area (Å²) in [4.78, 5) is 22.1. The maximum absolute atomic E-state index is 10.1. The van der Waals surface area contributed by atoms with E-state index >= 15 is 0 Å². The molecule has 1 unspecified atom stereocenters. The van der Waals surface area contributed by atoms with Gasteiger partial charge in [-0.05, 0) is 30.1 Å². The summed E-state index contributed by atoms with van der Waals surface area (Å²) < 4.78 is 0. The molecule has 1 rings (SSSR count). The van der Waals surface area contributed by atoms with Crippen LogP contribution >= 0.6 is 0 Å². The molecular formula is C12H20N2O2. The predicted octanol–water partition coefficient (Wildman–Crippen LogP) is 2.83. The van der Waals surface area contributed by atoms with Crippen LogP contribution in [0.25, 0.3) is 0 Å². The van der Waals surface area contributed by atoms with Crippen LogP contribution in [-0.2, 0) is 9.59 Å². The summed E-state index contributed by atoms with van der Waals surface area (Å²) in [5.74, 6) is 0. The second-order valence-corrected chi connectivity index (χ2v) is 5.51. The van der Waals surface area contributed by atoms with Gasteiger partial charge in [-0.15, -0.1) is 0 Å². The van der Waals surface area contributed by atoms with Crippen molar-refractivity contribution in [3.05, 3.63) is 0 Å². The van der Waals surface area contributed by atoms with Crippen LogP contribution in [0.15, 0.2) is 4.99 Å². The van der Waals surface area contributed by atoms with Crippen LogP contribution in [0, 0.1) is 16.2 Å². The third-order valence-corrected chi connectivity index (χ3v) is 3.06. The second-order valence-electron chi connectivity index (χ2n) is 5.51. The van der Waals surface area contributed by atoms with E-state index in [0.29, 0.717) is 12.0 Å². The summed E-state index contributed by atoms with van der Waals surface area (Å²) in [6, 6.07) is 0. The Hall–Kier alpha value is -1.24. The maximum atomic E-state index is 10.1. The lowest BCUT2D eigenvalue weighted by molar-refractivity contribution is 0.107. The molecule has 1 atom stereocenters. The molecule has 0 saturated heterocycles. The number of hydrogen-bond acceptors (Lipinski definition) is 4. The van der Waals surface area contributed by atoms with Gasteiger partial charge in [0.25, 0.3) is 0 Å². The molecule has 90 valence electrons. The van der Waals surface area contributed by atoms with E-state index in [1.807, 2.05) is 0 Å². The lowest BCUT2D eigenvalue weighted by Gasteiger charge is -2.41. The minimum atomic E-state index is 0.235. The zero-order valence-corrected chi connectivity index (χ0v) is 10.3. The molecule has 1 fully saturated rings. The van der Waals surface area contributed by atoms with Gasteiger partial charge in [0, 0.05) is 0 Å². The number of hydrogen-bond donors (Lipinski definition) is 1. The van der Waals surface area contributed by atoms with Gasteiger partial charge in [-0.25, -0.2) is 20.0 Å². The van der Waals surface area contributed by atoms with Gasteiger partial charge >= 0.3 is 0 Å². The van der Waals surface area contributed by atoms with Crippen LogP contribution in [0.4, 0.5) is 0 Å². The fourth-order valence-corrected chi connectivity index (χ4v) is 2.68. The van der Waals surface area contributed by atoms with E-state index in [1.54, 1.807) is 6.08 Å². The fraction of sp³-hybridized carbons (Fsp3) is 0.833. The third kappa shape index (κ3) is 5.59. The first-order valence-corrected chi connectivity index (χ1v) is 5.47. The molecule has 0 aromatic rings. The Balaban J connectivity index is 0.000000673. The zero-order valence-electron chi connectivity index (χ0n) is 10.3. The average Bonchev–Trinajstić information content (AvgIpc) is 2.14. The van der Waals surface area contributed by atoms with Crippen LogP contribution < -0.4 is 0 Å². The van der Waals surface area contributed by atoms with Gasteiger partial charge in [0.15, 0.2) is 0 Å². The molecule has 16 heavy (non-hydrogen) atoms. The van der Waals surface area contributed by atoms with E-state index in [2.05, 4.69) is 25.8 Å². The fourth-order valence-electron chi connectivity index (χ4n) is 2.68. The molecule has 0 amide bonds. The van der Waals surface area contributed by atoms with Crippen molar-refractivity contribution in [3.8, 4) is 0 Å². The first-order valence-electron chi connectivity index (χ1n) is 5.47. The Labute approximate surface area is 96.7 Å². The molecule has 4 heteroatoms. The van der Waals surface area contributed by atoms with Gasteiger partial charge in [0.05, 0.1) is 6.54 Å². The standard InChI is InChI=1S/C11H19NO.CHNO/c1-10(2)5-4-6-11(3,7-10)8-12-9-13;2-1-3/h4-8H2,1-3H3;2H. The topological polar surface area (TPSA) is 70.3 Å². The van der Waals surface area contributed by atoms with Gasteiger partial charge < -0.3 is 0 Å². The molecule has 4 nitrogen and oxygen atoms in total. The SMILES string of the molecule is CC1(C)CCCC(C)(CN=C=O)C1.N=C=O. The Morgan fingerprint density at radius 1 is 1.25 bits per heavy atom. The van der Waals surface area contributed by atoms with Crippen LogP contribution in [0.3, 0.4) is 0 Å². The van der Waals surface area contributed by atoms with E-state index in [9.17, 15) is 4.79 Å². The van der Waals surface area contributed by atoms with Crippen LogP contribution in [-0.4, -0.2) is 18.7 Å². The molecule has 0 aromatic carbocycles. The molecule has 1 aliphatic carbocycles. The molecule has 0 radical (unpaired) electrons. The maximum Gasteiger partial charge on any atom is 0.234 e. The quantitative estimate of drug-likeness (QED) is 0.578. The summed E-state index contributed by atoms with van der Waals surface area (Å²) in [6.07, 6.45) is 7.32. The Morgan fingerprint density at radius 2 is 1.81 bits per heavy atom. The third-order valence-electron chi connectivity index (χ3n) is 3.06. The summed E-state index contributed by atoms with van der Waals surface area (Å²) in [5.41, 5.74) is 0.657. The van der Waals surface area contributed by atoms with Gasteiger partial charge in [0.2, 0.25) is 12.2 Å². The first kappa shape index (κ1) is 14.8. The van der Waals surface area contributed by atoms with Crippen molar-refractivity contribution in [1.29, 1.82) is 5.41 Å². The van der Waals surface area contributed by atoms with E-state index in [4.69, 9.17) is 10.2 Å². The Bertz CT molecular complexity index is 300. The monoisotopic (exact) mass is 224 g/mol. The smallest absolute Gasteiger partial charge is 0.222 e. The minimum Gasteiger partial charge on any atom is -0.222 e. The van der Waals surface area contributed by atoms with Crippen molar-refractivity contribution in [3.63, 3.8) is 0 Å². The molecule has 1 N–H and O–H groups in total. The van der Waals surface area contributed by atoms with Crippen LogP contribution in [0.5, 0.6) is 0 Å². The summed E-state index contributed by atoms with van der Waals surface area (Å²) in [5, 5.41) is 5.40. The highest BCUT2D eigenvalue weighted by Gasteiger charge is 2.36. The second kappa shape index (κ2) is 6.37. The number of nitrogens with zero attached hydrogens (tertiary/aromatic N) is 1. The average molecular weight is 224 g/mol. The van der Waals surface area contributed by atoms with Gasteiger partial charge in [-0.2, -0.15) is 0 Å². The lowest BCUT2D eigenvalue weighted by atomic mass is 9.64. The zero-order chi connectivity index (χ0) is 12.7. The van der Waals surface area contributed by atoms with Crippen molar-refractivity contribution in [1.82, 2.24) is 0 Å². The summed E-state index contributed by atoms with van der Waals surface area (Å²) in [7, 11) is 0. The van der Waals surface area contributed by atoms with Crippen molar-refractivity contribution in [2.45, 2.75) is 46.5 Å².